The minimum Gasteiger partial charge on any atom is -0.0654 e. The molecule has 0 atom stereocenters. The fraction of sp³-hybridized carbons (Fsp3) is 0.714. The van der Waals surface area contributed by atoms with Crippen molar-refractivity contribution in [2.75, 3.05) is 0 Å². The van der Waals surface area contributed by atoms with E-state index in [1.165, 1.54) is 184 Å². The molecule has 0 heterocycles. The number of hydrogen-bond acceptors (Lipinski definition) is 0. The molecule has 0 aliphatic rings. The molecule has 0 bridgehead atoms. The molecule has 42 heavy (non-hydrogen) atoms. The smallest absolute Gasteiger partial charge is 0.0108 e. The third-order valence-electron chi connectivity index (χ3n) is 9.21. The fourth-order valence-electron chi connectivity index (χ4n) is 6.71. The van der Waals surface area contributed by atoms with Crippen molar-refractivity contribution in [3.63, 3.8) is 0 Å². The molecule has 0 aliphatic carbocycles. The molecule has 0 heteroatoms. The van der Waals surface area contributed by atoms with Gasteiger partial charge in [-0.3, -0.25) is 0 Å². The van der Waals surface area contributed by atoms with Crippen molar-refractivity contribution in [1.29, 1.82) is 0 Å². The van der Waals surface area contributed by atoms with Gasteiger partial charge in [-0.25, -0.2) is 0 Å². The molecule has 0 fully saturated rings. The summed E-state index contributed by atoms with van der Waals surface area (Å²) in [6, 6.07) is 16.0. The number of hydrogen-bond donors (Lipinski definition) is 0. The van der Waals surface area contributed by atoms with E-state index in [0.29, 0.717) is 0 Å². The van der Waals surface area contributed by atoms with Crippen LogP contribution in [0.1, 0.15) is 191 Å². The van der Waals surface area contributed by atoms with E-state index in [-0.39, 0.29) is 0 Å². The van der Waals surface area contributed by atoms with E-state index in [0.717, 1.165) is 0 Å². The average Bonchev–Trinajstić information content (AvgIpc) is 3.00. The third-order valence-corrected chi connectivity index (χ3v) is 9.21. The number of unbranched alkanes of at least 4 members (excludes halogenated alkanes) is 18. The summed E-state index contributed by atoms with van der Waals surface area (Å²) < 4.78 is 0. The Kier molecular flexibility index (Phi) is 21.7. The maximum atomic E-state index is 4.01. The Morgan fingerprint density at radius 1 is 0.405 bits per heavy atom. The molecule has 0 nitrogen and oxygen atoms in total. The second-order valence-electron chi connectivity index (χ2n) is 13.2. The van der Waals surface area contributed by atoms with E-state index < -0.39 is 0 Å². The lowest BCUT2D eigenvalue weighted by atomic mass is 9.85. The van der Waals surface area contributed by atoms with Crippen LogP contribution in [0.5, 0.6) is 0 Å². The maximum absolute atomic E-state index is 4.01. The van der Waals surface area contributed by atoms with Gasteiger partial charge in [0.1, 0.15) is 0 Å². The zero-order chi connectivity index (χ0) is 30.1. The molecule has 0 saturated carbocycles. The Morgan fingerprint density at radius 2 is 0.833 bits per heavy atom. The van der Waals surface area contributed by atoms with Crippen molar-refractivity contribution < 1.29 is 0 Å². The Hall–Kier alpha value is -1.56. The van der Waals surface area contributed by atoms with Crippen LogP contribution in [0.4, 0.5) is 0 Å². The molecule has 1 radical (unpaired) electrons. The number of rotatable bonds is 27. The van der Waals surface area contributed by atoms with Crippen molar-refractivity contribution in [2.24, 2.45) is 0 Å². The molecular weight excluding hydrogens is 504 g/mol. The highest BCUT2D eigenvalue weighted by molar-refractivity contribution is 5.74. The SMILES string of the molecule is CCCCCCCCCCCCc1[c]c(CCCCCCCCCCCC)c(-c2c(CCC)cccc2CCC)cc1. The van der Waals surface area contributed by atoms with E-state index in [4.69, 9.17) is 0 Å². The van der Waals surface area contributed by atoms with Gasteiger partial charge in [-0.05, 0) is 78.0 Å². The zero-order valence-corrected chi connectivity index (χ0v) is 28.8. The van der Waals surface area contributed by atoms with Gasteiger partial charge in [0.15, 0.2) is 0 Å². The summed E-state index contributed by atoms with van der Waals surface area (Å²) in [7, 11) is 0. The predicted molar refractivity (Wildman–Crippen MR) is 190 cm³/mol. The second kappa shape index (κ2) is 24.8. The van der Waals surface area contributed by atoms with Gasteiger partial charge in [0.2, 0.25) is 0 Å². The molecule has 0 spiro atoms. The summed E-state index contributed by atoms with van der Waals surface area (Å²) >= 11 is 0. The van der Waals surface area contributed by atoms with Gasteiger partial charge >= 0.3 is 0 Å². The quantitative estimate of drug-likeness (QED) is 0.0932. The Morgan fingerprint density at radius 3 is 1.29 bits per heavy atom. The largest absolute Gasteiger partial charge is 0.0654 e. The van der Waals surface area contributed by atoms with Gasteiger partial charge in [0.05, 0.1) is 0 Å². The number of benzene rings is 2. The van der Waals surface area contributed by atoms with Gasteiger partial charge in [-0.15, -0.1) is 0 Å². The zero-order valence-electron chi connectivity index (χ0n) is 28.8. The van der Waals surface area contributed by atoms with Crippen molar-refractivity contribution in [1.82, 2.24) is 0 Å². The summed E-state index contributed by atoms with van der Waals surface area (Å²) in [6.07, 6.45) is 35.2. The highest BCUT2D eigenvalue weighted by Crippen LogP contribution is 2.34. The van der Waals surface area contributed by atoms with Crippen LogP contribution in [0.2, 0.25) is 0 Å². The highest BCUT2D eigenvalue weighted by atomic mass is 14.2. The lowest BCUT2D eigenvalue weighted by Crippen LogP contribution is -2.01. The highest BCUT2D eigenvalue weighted by Gasteiger charge is 2.15. The van der Waals surface area contributed by atoms with Gasteiger partial charge in [0.25, 0.3) is 0 Å². The minimum atomic E-state index is 1.17. The first-order chi connectivity index (χ1) is 20.7. The van der Waals surface area contributed by atoms with Crippen LogP contribution in [0, 0.1) is 6.07 Å². The number of aryl methyl sites for hydroxylation is 4. The third kappa shape index (κ3) is 15.3. The first-order valence-electron chi connectivity index (χ1n) is 18.9. The maximum Gasteiger partial charge on any atom is -0.0108 e. The van der Waals surface area contributed by atoms with Crippen LogP contribution in [0.25, 0.3) is 11.1 Å². The first kappa shape index (κ1) is 36.6. The standard InChI is InChI=1S/C42H69/c1-5-9-11-13-15-17-19-21-23-25-30-37-34-35-41(42-38(28-7-3)32-27-33-39(42)29-8-4)40(36-37)31-26-24-22-20-18-16-14-12-10-6-2/h27,32-35H,5-26,28-31H2,1-4H3. The van der Waals surface area contributed by atoms with Crippen LogP contribution >= 0.6 is 0 Å². The molecule has 0 aromatic heterocycles. The van der Waals surface area contributed by atoms with Crippen LogP contribution in [-0.2, 0) is 25.7 Å². The van der Waals surface area contributed by atoms with E-state index in [2.05, 4.69) is 64.1 Å². The van der Waals surface area contributed by atoms with Crippen molar-refractivity contribution in [3.05, 3.63) is 58.7 Å². The van der Waals surface area contributed by atoms with Gasteiger partial charge in [-0.2, -0.15) is 0 Å². The van der Waals surface area contributed by atoms with E-state index in [1.54, 1.807) is 16.7 Å². The Balaban J connectivity index is 1.99. The molecule has 0 N–H and O–H groups in total. The predicted octanol–water partition coefficient (Wildman–Crippen LogP) is 14.0. The lowest BCUT2D eigenvalue weighted by Gasteiger charge is -2.19. The Bertz CT molecular complexity index is 882. The molecule has 2 aromatic rings. The molecule has 0 unspecified atom stereocenters. The summed E-state index contributed by atoms with van der Waals surface area (Å²) in [6.45, 7) is 9.26. The summed E-state index contributed by atoms with van der Waals surface area (Å²) in [5.74, 6) is 0. The molecule has 2 rings (SSSR count). The summed E-state index contributed by atoms with van der Waals surface area (Å²) in [5, 5.41) is 0. The van der Waals surface area contributed by atoms with Gasteiger partial charge in [0, 0.05) is 0 Å². The molecule has 2 aromatic carbocycles. The molecular formula is C42H69. The normalized spacial score (nSPS) is 11.4. The van der Waals surface area contributed by atoms with Crippen LogP contribution in [-0.4, -0.2) is 0 Å². The monoisotopic (exact) mass is 574 g/mol. The first-order valence-corrected chi connectivity index (χ1v) is 18.9. The van der Waals surface area contributed by atoms with E-state index in [1.807, 2.05) is 0 Å². The van der Waals surface area contributed by atoms with Crippen molar-refractivity contribution in [2.45, 2.75) is 195 Å². The van der Waals surface area contributed by atoms with Crippen LogP contribution in [0.3, 0.4) is 0 Å². The summed E-state index contributed by atoms with van der Waals surface area (Å²) in [5.41, 5.74) is 9.08. The topological polar surface area (TPSA) is 0 Å². The minimum absolute atomic E-state index is 1.17. The van der Waals surface area contributed by atoms with Gasteiger partial charge in [-0.1, -0.05) is 186 Å². The van der Waals surface area contributed by atoms with Crippen molar-refractivity contribution >= 4 is 0 Å². The molecule has 237 valence electrons. The van der Waals surface area contributed by atoms with Crippen LogP contribution in [0.15, 0.2) is 30.3 Å². The van der Waals surface area contributed by atoms with E-state index in [9.17, 15) is 0 Å². The Labute approximate surface area is 263 Å². The average molecular weight is 574 g/mol. The second-order valence-corrected chi connectivity index (χ2v) is 13.2. The summed E-state index contributed by atoms with van der Waals surface area (Å²) in [4.78, 5) is 0. The fourth-order valence-corrected chi connectivity index (χ4v) is 6.71. The van der Waals surface area contributed by atoms with Crippen LogP contribution < -0.4 is 0 Å². The van der Waals surface area contributed by atoms with Gasteiger partial charge < -0.3 is 0 Å². The van der Waals surface area contributed by atoms with Crippen molar-refractivity contribution in [3.8, 4) is 11.1 Å². The molecule has 0 saturated heterocycles. The lowest BCUT2D eigenvalue weighted by molar-refractivity contribution is 0.555. The molecule has 0 aliphatic heterocycles. The molecule has 0 amide bonds. The van der Waals surface area contributed by atoms with E-state index >= 15 is 0 Å².